The molecule has 0 spiro atoms. The van der Waals surface area contributed by atoms with E-state index >= 15 is 0 Å². The van der Waals surface area contributed by atoms with Crippen molar-refractivity contribution in [2.75, 3.05) is 18.5 Å². The number of nitrogens with zero attached hydrogens (tertiary/aromatic N) is 1. The molecule has 1 aliphatic heterocycles. The van der Waals surface area contributed by atoms with Crippen molar-refractivity contribution in [1.82, 2.24) is 0 Å². The molecule has 4 nitrogen and oxygen atoms in total. The van der Waals surface area contributed by atoms with Gasteiger partial charge in [-0.15, -0.1) is 0 Å². The number of nitrogens with two attached hydrogens (primary N) is 1. The van der Waals surface area contributed by atoms with Gasteiger partial charge in [-0.1, -0.05) is 0 Å². The number of sulfonamides is 1. The normalized spacial score (nSPS) is 15.7. The van der Waals surface area contributed by atoms with Gasteiger partial charge in [0.05, 0.1) is 4.90 Å². The maximum atomic E-state index is 11.1. The van der Waals surface area contributed by atoms with Crippen molar-refractivity contribution in [1.29, 1.82) is 0 Å². The highest BCUT2D eigenvalue weighted by Crippen LogP contribution is 2.28. The summed E-state index contributed by atoms with van der Waals surface area (Å²) in [6.45, 7) is 0.934. The van der Waals surface area contributed by atoms with Crippen molar-refractivity contribution in [2.45, 2.75) is 11.3 Å². The van der Waals surface area contributed by atoms with E-state index in [4.69, 9.17) is 5.14 Å². The molecule has 2 N–H and O–H groups in total. The van der Waals surface area contributed by atoms with E-state index < -0.39 is 10.0 Å². The Morgan fingerprint density at radius 3 is 2.79 bits per heavy atom. The molecule has 1 aromatic carbocycles. The molecule has 0 aliphatic carbocycles. The highest BCUT2D eigenvalue weighted by molar-refractivity contribution is 7.89. The van der Waals surface area contributed by atoms with Gasteiger partial charge in [0.2, 0.25) is 10.0 Å². The lowest BCUT2D eigenvalue weighted by molar-refractivity contribution is 0.597. The lowest BCUT2D eigenvalue weighted by atomic mass is 10.2. The number of anilines is 1. The molecule has 0 amide bonds. The molecule has 0 bridgehead atoms. The fourth-order valence-corrected chi connectivity index (χ4v) is 2.28. The van der Waals surface area contributed by atoms with Gasteiger partial charge in [-0.2, -0.15) is 0 Å². The van der Waals surface area contributed by atoms with E-state index in [2.05, 4.69) is 4.90 Å². The van der Waals surface area contributed by atoms with Crippen molar-refractivity contribution in [3.8, 4) is 0 Å². The minimum absolute atomic E-state index is 0.201. The van der Waals surface area contributed by atoms with Crippen LogP contribution in [0.4, 0.5) is 5.69 Å². The summed E-state index contributed by atoms with van der Waals surface area (Å²) in [5.41, 5.74) is 2.15. The number of hydrogen-bond donors (Lipinski definition) is 1. The standard InChI is InChI=1S/C9H12N2O2S/c1-11-5-4-7-6-8(14(10,12)13)2-3-9(7)11/h2-3,6H,4-5H2,1H3,(H2,10,12,13). The average Bonchev–Trinajstić information content (AvgIpc) is 2.46. The maximum absolute atomic E-state index is 11.1. The largest absolute Gasteiger partial charge is 0.374 e. The van der Waals surface area contributed by atoms with Crippen molar-refractivity contribution < 1.29 is 8.42 Å². The van der Waals surface area contributed by atoms with Crippen LogP contribution < -0.4 is 10.0 Å². The van der Waals surface area contributed by atoms with Gasteiger partial charge < -0.3 is 4.90 Å². The predicted octanol–water partition coefficient (Wildman–Crippen LogP) is 0.326. The molecule has 0 radical (unpaired) electrons. The summed E-state index contributed by atoms with van der Waals surface area (Å²) in [6, 6.07) is 5.02. The monoisotopic (exact) mass is 212 g/mol. The van der Waals surface area contributed by atoms with Crippen molar-refractivity contribution in [3.63, 3.8) is 0 Å². The fourth-order valence-electron chi connectivity index (χ4n) is 1.72. The molecule has 5 heteroatoms. The van der Waals surface area contributed by atoms with E-state index in [1.54, 1.807) is 12.1 Å². The Hall–Kier alpha value is -1.07. The Morgan fingerprint density at radius 2 is 2.14 bits per heavy atom. The SMILES string of the molecule is CN1CCc2cc(S(N)(=O)=O)ccc21. The van der Waals surface area contributed by atoms with Crippen molar-refractivity contribution >= 4 is 15.7 Å². The number of likely N-dealkylation sites (N-methyl/N-ethyl adjacent to an activating group) is 1. The van der Waals surface area contributed by atoms with E-state index in [0.29, 0.717) is 0 Å². The first kappa shape index (κ1) is 9.48. The molecule has 2 rings (SSSR count). The van der Waals surface area contributed by atoms with E-state index in [-0.39, 0.29) is 4.90 Å². The number of fused-ring (bicyclic) bond motifs is 1. The van der Waals surface area contributed by atoms with Crippen LogP contribution in [0, 0.1) is 0 Å². The summed E-state index contributed by atoms with van der Waals surface area (Å²) in [7, 11) is -1.57. The van der Waals surface area contributed by atoms with E-state index in [9.17, 15) is 8.42 Å². The molecule has 14 heavy (non-hydrogen) atoms. The van der Waals surface area contributed by atoms with Crippen LogP contribution in [0.25, 0.3) is 0 Å². The molecule has 1 heterocycles. The Bertz CT molecular complexity index is 468. The van der Waals surface area contributed by atoms with Gasteiger partial charge in [0, 0.05) is 19.3 Å². The zero-order chi connectivity index (χ0) is 10.3. The number of hydrogen-bond acceptors (Lipinski definition) is 3. The molecule has 0 atom stereocenters. The average molecular weight is 212 g/mol. The van der Waals surface area contributed by atoms with Gasteiger partial charge in [-0.05, 0) is 30.2 Å². The Kier molecular flexibility index (Phi) is 2.01. The summed E-state index contributed by atoms with van der Waals surface area (Å²) in [5, 5.41) is 5.04. The quantitative estimate of drug-likeness (QED) is 0.729. The first-order valence-electron chi connectivity index (χ1n) is 4.35. The number of rotatable bonds is 1. The molecule has 0 unspecified atom stereocenters. The van der Waals surface area contributed by atoms with Gasteiger partial charge in [0.25, 0.3) is 0 Å². The van der Waals surface area contributed by atoms with Crippen LogP contribution in [-0.2, 0) is 16.4 Å². The highest BCUT2D eigenvalue weighted by Gasteiger charge is 2.18. The molecule has 0 fully saturated rings. The number of primary sulfonamides is 1. The second-order valence-corrected chi connectivity index (χ2v) is 5.07. The highest BCUT2D eigenvalue weighted by atomic mass is 32.2. The van der Waals surface area contributed by atoms with E-state index in [1.165, 1.54) is 0 Å². The lowest BCUT2D eigenvalue weighted by Gasteiger charge is -2.11. The molecule has 0 saturated carbocycles. The molecule has 0 saturated heterocycles. The predicted molar refractivity (Wildman–Crippen MR) is 54.8 cm³/mol. The zero-order valence-electron chi connectivity index (χ0n) is 7.90. The second kappa shape index (κ2) is 2.96. The van der Waals surface area contributed by atoms with Crippen molar-refractivity contribution in [2.24, 2.45) is 5.14 Å². The lowest BCUT2D eigenvalue weighted by Crippen LogP contribution is -2.13. The van der Waals surface area contributed by atoms with Crippen molar-refractivity contribution in [3.05, 3.63) is 23.8 Å². The molecular weight excluding hydrogens is 200 g/mol. The van der Waals surface area contributed by atoms with Crippen LogP contribution in [0.1, 0.15) is 5.56 Å². The number of benzene rings is 1. The van der Waals surface area contributed by atoms with Crippen LogP contribution in [0.3, 0.4) is 0 Å². The van der Waals surface area contributed by atoms with Gasteiger partial charge in [0.15, 0.2) is 0 Å². The second-order valence-electron chi connectivity index (χ2n) is 3.51. The zero-order valence-corrected chi connectivity index (χ0v) is 8.71. The molecule has 76 valence electrons. The van der Waals surface area contributed by atoms with E-state index in [0.717, 1.165) is 24.2 Å². The minimum Gasteiger partial charge on any atom is -0.374 e. The fraction of sp³-hybridized carbons (Fsp3) is 0.333. The van der Waals surface area contributed by atoms with Crippen LogP contribution in [0.5, 0.6) is 0 Å². The van der Waals surface area contributed by atoms with Gasteiger partial charge >= 0.3 is 0 Å². The third-order valence-electron chi connectivity index (χ3n) is 2.51. The first-order chi connectivity index (χ1) is 6.48. The topological polar surface area (TPSA) is 63.4 Å². The summed E-state index contributed by atoms with van der Waals surface area (Å²) >= 11 is 0. The third kappa shape index (κ3) is 1.49. The van der Waals surface area contributed by atoms with Crippen LogP contribution in [-0.4, -0.2) is 22.0 Å². The molecular formula is C9H12N2O2S. The Morgan fingerprint density at radius 1 is 1.43 bits per heavy atom. The molecule has 1 aliphatic rings. The van der Waals surface area contributed by atoms with Crippen LogP contribution in [0.2, 0.25) is 0 Å². The molecule has 1 aromatic rings. The maximum Gasteiger partial charge on any atom is 0.238 e. The van der Waals surface area contributed by atoms with Gasteiger partial charge in [0.1, 0.15) is 0 Å². The summed E-state index contributed by atoms with van der Waals surface area (Å²) in [6.07, 6.45) is 0.884. The summed E-state index contributed by atoms with van der Waals surface area (Å²) in [5.74, 6) is 0. The summed E-state index contributed by atoms with van der Waals surface area (Å²) in [4.78, 5) is 2.30. The van der Waals surface area contributed by atoms with Crippen LogP contribution >= 0.6 is 0 Å². The smallest absolute Gasteiger partial charge is 0.238 e. The third-order valence-corrected chi connectivity index (χ3v) is 3.42. The Balaban J connectivity index is 2.53. The first-order valence-corrected chi connectivity index (χ1v) is 5.90. The minimum atomic E-state index is -3.56. The van der Waals surface area contributed by atoms with Gasteiger partial charge in [-0.25, -0.2) is 13.6 Å². The molecule has 0 aromatic heterocycles. The van der Waals surface area contributed by atoms with E-state index in [1.807, 2.05) is 13.1 Å². The summed E-state index contributed by atoms with van der Waals surface area (Å²) < 4.78 is 22.2. The Labute approximate surface area is 83.4 Å². The van der Waals surface area contributed by atoms with Crippen LogP contribution in [0.15, 0.2) is 23.1 Å². The van der Waals surface area contributed by atoms with Gasteiger partial charge in [-0.3, -0.25) is 0 Å².